The fourth-order valence-corrected chi connectivity index (χ4v) is 2.64. The van der Waals surface area contributed by atoms with Gasteiger partial charge in [0.15, 0.2) is 0 Å². The van der Waals surface area contributed by atoms with E-state index in [0.29, 0.717) is 13.0 Å². The third-order valence-corrected chi connectivity index (χ3v) is 3.90. The van der Waals surface area contributed by atoms with Crippen molar-refractivity contribution in [2.24, 2.45) is 0 Å². The minimum absolute atomic E-state index is 0.0734. The standard InChI is InChI=1S/C19H23NO2/c1-4-20(15(2)17-10-6-5-7-11-17)19(21)14-16-9-8-12-18(13-16)22-3/h5-13,15H,4,14H2,1-3H3. The molecule has 0 bridgehead atoms. The fraction of sp³-hybridized carbons (Fsp3) is 0.316. The number of amides is 1. The van der Waals surface area contributed by atoms with Crippen molar-refractivity contribution in [3.05, 3.63) is 65.7 Å². The lowest BCUT2D eigenvalue weighted by molar-refractivity contribution is -0.132. The molecule has 0 saturated carbocycles. The largest absolute Gasteiger partial charge is 0.497 e. The van der Waals surface area contributed by atoms with Gasteiger partial charge < -0.3 is 9.64 Å². The predicted molar refractivity (Wildman–Crippen MR) is 88.9 cm³/mol. The van der Waals surface area contributed by atoms with Crippen LogP contribution < -0.4 is 4.74 Å². The number of hydrogen-bond donors (Lipinski definition) is 0. The maximum absolute atomic E-state index is 12.6. The molecule has 0 fully saturated rings. The zero-order chi connectivity index (χ0) is 15.9. The summed E-state index contributed by atoms with van der Waals surface area (Å²) in [7, 11) is 1.64. The van der Waals surface area contributed by atoms with Crippen LogP contribution in [0.2, 0.25) is 0 Å². The van der Waals surface area contributed by atoms with Crippen molar-refractivity contribution in [3.63, 3.8) is 0 Å². The molecule has 0 saturated heterocycles. The molecule has 1 atom stereocenters. The van der Waals surface area contributed by atoms with E-state index in [1.54, 1.807) is 7.11 Å². The van der Waals surface area contributed by atoms with E-state index < -0.39 is 0 Å². The number of benzene rings is 2. The van der Waals surface area contributed by atoms with Crippen molar-refractivity contribution in [3.8, 4) is 5.75 Å². The molecule has 2 aromatic carbocycles. The van der Waals surface area contributed by atoms with Crippen molar-refractivity contribution < 1.29 is 9.53 Å². The van der Waals surface area contributed by atoms with Crippen LogP contribution in [0.1, 0.15) is 31.0 Å². The molecule has 0 aromatic heterocycles. The number of ether oxygens (including phenoxy) is 1. The van der Waals surface area contributed by atoms with E-state index in [1.807, 2.05) is 54.3 Å². The van der Waals surface area contributed by atoms with Crippen LogP contribution in [0.25, 0.3) is 0 Å². The van der Waals surface area contributed by atoms with Gasteiger partial charge in [0.05, 0.1) is 19.6 Å². The summed E-state index contributed by atoms with van der Waals surface area (Å²) < 4.78 is 5.22. The molecular formula is C19H23NO2. The minimum atomic E-state index is 0.0734. The molecular weight excluding hydrogens is 274 g/mol. The Balaban J connectivity index is 2.11. The lowest BCUT2D eigenvalue weighted by Gasteiger charge is -2.28. The molecule has 3 heteroatoms. The average molecular weight is 297 g/mol. The Kier molecular flexibility index (Phi) is 5.59. The Morgan fingerprint density at radius 3 is 2.50 bits per heavy atom. The molecule has 0 N–H and O–H groups in total. The van der Waals surface area contributed by atoms with Crippen LogP contribution in [0.3, 0.4) is 0 Å². The summed E-state index contributed by atoms with van der Waals surface area (Å²) in [6.45, 7) is 4.78. The van der Waals surface area contributed by atoms with Crippen LogP contribution in [0.15, 0.2) is 54.6 Å². The molecule has 0 aliphatic carbocycles. The second-order valence-corrected chi connectivity index (χ2v) is 5.29. The third-order valence-electron chi connectivity index (χ3n) is 3.90. The fourth-order valence-electron chi connectivity index (χ4n) is 2.64. The highest BCUT2D eigenvalue weighted by Crippen LogP contribution is 2.21. The average Bonchev–Trinajstić information content (AvgIpc) is 2.56. The molecule has 0 heterocycles. The van der Waals surface area contributed by atoms with Crippen LogP contribution in [0.5, 0.6) is 5.75 Å². The highest BCUT2D eigenvalue weighted by atomic mass is 16.5. The van der Waals surface area contributed by atoms with Gasteiger partial charge in [-0.05, 0) is 37.1 Å². The Morgan fingerprint density at radius 2 is 1.86 bits per heavy atom. The predicted octanol–water partition coefficient (Wildman–Crippen LogP) is 3.85. The lowest BCUT2D eigenvalue weighted by Crippen LogP contribution is -2.34. The van der Waals surface area contributed by atoms with Crippen LogP contribution >= 0.6 is 0 Å². The van der Waals surface area contributed by atoms with Crippen molar-refractivity contribution in [1.29, 1.82) is 0 Å². The quantitative estimate of drug-likeness (QED) is 0.810. The van der Waals surface area contributed by atoms with Gasteiger partial charge in [-0.2, -0.15) is 0 Å². The first-order chi connectivity index (χ1) is 10.7. The summed E-state index contributed by atoms with van der Waals surface area (Å²) in [5, 5.41) is 0. The number of methoxy groups -OCH3 is 1. The van der Waals surface area contributed by atoms with Crippen molar-refractivity contribution >= 4 is 5.91 Å². The molecule has 0 aliphatic rings. The zero-order valence-electron chi connectivity index (χ0n) is 13.5. The van der Waals surface area contributed by atoms with Gasteiger partial charge in [0.25, 0.3) is 0 Å². The van der Waals surface area contributed by atoms with Gasteiger partial charge in [0.1, 0.15) is 5.75 Å². The van der Waals surface area contributed by atoms with E-state index in [1.165, 1.54) is 0 Å². The first kappa shape index (κ1) is 16.1. The normalized spacial score (nSPS) is 11.8. The van der Waals surface area contributed by atoms with Crippen molar-refractivity contribution in [2.45, 2.75) is 26.3 Å². The Morgan fingerprint density at radius 1 is 1.14 bits per heavy atom. The summed E-state index contributed by atoms with van der Waals surface area (Å²) in [4.78, 5) is 14.6. The molecule has 22 heavy (non-hydrogen) atoms. The summed E-state index contributed by atoms with van der Waals surface area (Å²) in [5.74, 6) is 0.913. The van der Waals surface area contributed by atoms with Gasteiger partial charge in [-0.1, -0.05) is 42.5 Å². The number of carbonyl (C=O) groups is 1. The molecule has 2 rings (SSSR count). The lowest BCUT2D eigenvalue weighted by atomic mass is 10.1. The second-order valence-electron chi connectivity index (χ2n) is 5.29. The summed E-state index contributed by atoms with van der Waals surface area (Å²) in [5.41, 5.74) is 2.13. The van der Waals surface area contributed by atoms with Crippen LogP contribution in [0, 0.1) is 0 Å². The molecule has 2 aromatic rings. The number of nitrogens with zero attached hydrogens (tertiary/aromatic N) is 1. The second kappa shape index (κ2) is 7.64. The number of likely N-dealkylation sites (N-methyl/N-ethyl adjacent to an activating group) is 1. The molecule has 116 valence electrons. The maximum Gasteiger partial charge on any atom is 0.227 e. The highest BCUT2D eigenvalue weighted by molar-refractivity contribution is 5.79. The Bertz CT molecular complexity index is 610. The van der Waals surface area contributed by atoms with E-state index in [9.17, 15) is 4.79 Å². The van der Waals surface area contributed by atoms with Gasteiger partial charge in [0.2, 0.25) is 5.91 Å². The zero-order valence-corrected chi connectivity index (χ0v) is 13.5. The molecule has 1 unspecified atom stereocenters. The highest BCUT2D eigenvalue weighted by Gasteiger charge is 2.19. The minimum Gasteiger partial charge on any atom is -0.497 e. The first-order valence-corrected chi connectivity index (χ1v) is 7.63. The number of rotatable bonds is 6. The first-order valence-electron chi connectivity index (χ1n) is 7.63. The van der Waals surface area contributed by atoms with Gasteiger partial charge in [0, 0.05) is 6.54 Å². The van der Waals surface area contributed by atoms with E-state index >= 15 is 0 Å². The van der Waals surface area contributed by atoms with Gasteiger partial charge >= 0.3 is 0 Å². The van der Waals surface area contributed by atoms with Crippen molar-refractivity contribution in [1.82, 2.24) is 4.90 Å². The molecule has 0 radical (unpaired) electrons. The SMILES string of the molecule is CCN(C(=O)Cc1cccc(OC)c1)C(C)c1ccccc1. The van der Waals surface area contributed by atoms with E-state index in [-0.39, 0.29) is 11.9 Å². The van der Waals surface area contributed by atoms with Crippen molar-refractivity contribution in [2.75, 3.05) is 13.7 Å². The maximum atomic E-state index is 12.6. The number of carbonyl (C=O) groups excluding carboxylic acids is 1. The Labute approximate surface area is 132 Å². The third kappa shape index (κ3) is 3.88. The molecule has 0 spiro atoms. The van der Waals surface area contributed by atoms with E-state index in [0.717, 1.165) is 16.9 Å². The number of hydrogen-bond acceptors (Lipinski definition) is 2. The van der Waals surface area contributed by atoms with E-state index in [4.69, 9.17) is 4.74 Å². The van der Waals surface area contributed by atoms with Gasteiger partial charge in [-0.15, -0.1) is 0 Å². The van der Waals surface area contributed by atoms with E-state index in [2.05, 4.69) is 19.1 Å². The monoisotopic (exact) mass is 297 g/mol. The van der Waals surface area contributed by atoms with Gasteiger partial charge in [-0.3, -0.25) is 4.79 Å². The van der Waals surface area contributed by atoms with Crippen LogP contribution in [-0.2, 0) is 11.2 Å². The Hall–Kier alpha value is -2.29. The molecule has 0 aliphatic heterocycles. The van der Waals surface area contributed by atoms with Gasteiger partial charge in [-0.25, -0.2) is 0 Å². The van der Waals surface area contributed by atoms with Crippen LogP contribution in [0.4, 0.5) is 0 Å². The smallest absolute Gasteiger partial charge is 0.227 e. The summed E-state index contributed by atoms with van der Waals surface area (Å²) in [6, 6.07) is 17.9. The molecule has 1 amide bonds. The summed E-state index contributed by atoms with van der Waals surface area (Å²) >= 11 is 0. The topological polar surface area (TPSA) is 29.5 Å². The molecule has 3 nitrogen and oxygen atoms in total. The van der Waals surface area contributed by atoms with Crippen LogP contribution in [-0.4, -0.2) is 24.5 Å². The summed E-state index contributed by atoms with van der Waals surface area (Å²) in [6.07, 6.45) is 0.391.